The van der Waals surface area contributed by atoms with Gasteiger partial charge in [0.2, 0.25) is 0 Å². The molecule has 6 heteroatoms. The molecule has 21 heavy (non-hydrogen) atoms. The molecule has 2 aliphatic rings. The summed E-state index contributed by atoms with van der Waals surface area (Å²) in [5.41, 5.74) is 0.864. The molecular weight excluding hydrogens is 272 g/mol. The molecule has 0 bridgehead atoms. The van der Waals surface area contributed by atoms with Gasteiger partial charge in [-0.25, -0.2) is 0 Å². The van der Waals surface area contributed by atoms with E-state index in [1.165, 1.54) is 6.07 Å². The van der Waals surface area contributed by atoms with Crippen molar-refractivity contribution in [2.24, 2.45) is 11.8 Å². The quantitative estimate of drug-likeness (QED) is 0.680. The molecule has 1 aliphatic heterocycles. The van der Waals surface area contributed by atoms with Gasteiger partial charge in [0.05, 0.1) is 23.7 Å². The van der Waals surface area contributed by atoms with Crippen molar-refractivity contribution in [3.63, 3.8) is 0 Å². The second kappa shape index (κ2) is 5.52. The third-order valence-corrected chi connectivity index (χ3v) is 4.58. The fraction of sp³-hybridized carbons (Fsp3) is 0.600. The monoisotopic (exact) mass is 292 g/mol. The van der Waals surface area contributed by atoms with Crippen LogP contribution in [0.2, 0.25) is 0 Å². The van der Waals surface area contributed by atoms with E-state index in [0.29, 0.717) is 24.2 Å². The van der Waals surface area contributed by atoms with Gasteiger partial charge < -0.3 is 14.7 Å². The van der Waals surface area contributed by atoms with Crippen LogP contribution in [0.15, 0.2) is 18.2 Å². The van der Waals surface area contributed by atoms with Gasteiger partial charge in [-0.3, -0.25) is 10.1 Å². The number of aliphatic hydroxyl groups is 1. The number of nitrogens with zero attached hydrogens (tertiary/aromatic N) is 2. The van der Waals surface area contributed by atoms with E-state index in [1.54, 1.807) is 6.07 Å². The molecule has 1 heterocycles. The van der Waals surface area contributed by atoms with E-state index in [9.17, 15) is 15.2 Å². The van der Waals surface area contributed by atoms with Gasteiger partial charge >= 0.3 is 0 Å². The molecule has 114 valence electrons. The summed E-state index contributed by atoms with van der Waals surface area (Å²) in [6, 6.07) is 4.90. The fourth-order valence-electron chi connectivity index (χ4n) is 3.55. The van der Waals surface area contributed by atoms with Crippen molar-refractivity contribution in [3.05, 3.63) is 28.3 Å². The highest BCUT2D eigenvalue weighted by Crippen LogP contribution is 2.41. The van der Waals surface area contributed by atoms with Crippen molar-refractivity contribution in [3.8, 4) is 5.75 Å². The highest BCUT2D eigenvalue weighted by molar-refractivity contribution is 5.58. The Hall–Kier alpha value is -1.82. The lowest BCUT2D eigenvalue weighted by molar-refractivity contribution is -0.384. The largest absolute Gasteiger partial charge is 0.494 e. The molecule has 1 saturated heterocycles. The molecule has 1 aliphatic carbocycles. The Balaban J connectivity index is 1.86. The van der Waals surface area contributed by atoms with Crippen molar-refractivity contribution in [2.75, 3.05) is 24.6 Å². The van der Waals surface area contributed by atoms with E-state index >= 15 is 0 Å². The van der Waals surface area contributed by atoms with E-state index in [2.05, 4.69) is 4.90 Å². The summed E-state index contributed by atoms with van der Waals surface area (Å²) in [5.74, 6) is 1.31. The standard InChI is InChI=1S/C15H20N2O4/c1-2-21-13-6-11(5-12(7-13)17(19)20)16-8-10-3-4-15(18)14(10)9-16/h5-7,10,14-15,18H,2-4,8-9H2,1H3. The topological polar surface area (TPSA) is 75.8 Å². The lowest BCUT2D eigenvalue weighted by atomic mass is 10.00. The summed E-state index contributed by atoms with van der Waals surface area (Å²) in [5, 5.41) is 21.1. The van der Waals surface area contributed by atoms with Crippen LogP contribution in [0.25, 0.3) is 0 Å². The molecule has 2 fully saturated rings. The minimum Gasteiger partial charge on any atom is -0.494 e. The van der Waals surface area contributed by atoms with Gasteiger partial charge in [-0.1, -0.05) is 0 Å². The van der Waals surface area contributed by atoms with Crippen LogP contribution in [-0.4, -0.2) is 35.8 Å². The Kier molecular flexibility index (Phi) is 3.71. The number of rotatable bonds is 4. The van der Waals surface area contributed by atoms with Crippen molar-refractivity contribution in [1.82, 2.24) is 0 Å². The molecule has 1 aromatic rings. The van der Waals surface area contributed by atoms with E-state index in [1.807, 2.05) is 13.0 Å². The molecule has 6 nitrogen and oxygen atoms in total. The number of nitro groups is 1. The second-order valence-electron chi connectivity index (χ2n) is 5.85. The van der Waals surface area contributed by atoms with Crippen LogP contribution in [0.3, 0.4) is 0 Å². The Morgan fingerprint density at radius 1 is 1.38 bits per heavy atom. The van der Waals surface area contributed by atoms with Crippen LogP contribution in [0.4, 0.5) is 11.4 Å². The lowest BCUT2D eigenvalue weighted by Crippen LogP contribution is -2.24. The predicted octanol–water partition coefficient (Wildman–Crippen LogP) is 2.20. The summed E-state index contributed by atoms with van der Waals surface area (Å²) >= 11 is 0. The highest BCUT2D eigenvalue weighted by Gasteiger charge is 2.42. The highest BCUT2D eigenvalue weighted by atomic mass is 16.6. The van der Waals surface area contributed by atoms with Crippen LogP contribution in [0.1, 0.15) is 19.8 Å². The number of ether oxygens (including phenoxy) is 1. The molecule has 0 radical (unpaired) electrons. The zero-order valence-corrected chi connectivity index (χ0v) is 12.1. The van der Waals surface area contributed by atoms with Gasteiger partial charge in [-0.05, 0) is 25.7 Å². The molecule has 1 aromatic carbocycles. The molecule has 3 unspecified atom stereocenters. The van der Waals surface area contributed by atoms with Crippen LogP contribution >= 0.6 is 0 Å². The van der Waals surface area contributed by atoms with E-state index < -0.39 is 4.92 Å². The van der Waals surface area contributed by atoms with Crippen LogP contribution < -0.4 is 9.64 Å². The Morgan fingerprint density at radius 2 is 2.19 bits per heavy atom. The van der Waals surface area contributed by atoms with Gasteiger partial charge in [0.15, 0.2) is 0 Å². The SMILES string of the molecule is CCOc1cc(N2CC3CCC(O)C3C2)cc([N+](=O)[O-])c1. The number of aliphatic hydroxyl groups excluding tert-OH is 1. The van der Waals surface area contributed by atoms with E-state index in [-0.39, 0.29) is 11.8 Å². The molecule has 0 aromatic heterocycles. The van der Waals surface area contributed by atoms with Crippen LogP contribution in [-0.2, 0) is 0 Å². The Labute approximate surface area is 123 Å². The molecule has 3 atom stereocenters. The maximum absolute atomic E-state index is 11.1. The van der Waals surface area contributed by atoms with Gasteiger partial charge in [0, 0.05) is 36.8 Å². The predicted molar refractivity (Wildman–Crippen MR) is 78.7 cm³/mol. The number of non-ortho nitro benzene ring substituents is 1. The summed E-state index contributed by atoms with van der Waals surface area (Å²) < 4.78 is 5.43. The molecule has 1 N–H and O–H groups in total. The normalized spacial score (nSPS) is 27.7. The average molecular weight is 292 g/mol. The number of anilines is 1. The second-order valence-corrected chi connectivity index (χ2v) is 5.85. The zero-order chi connectivity index (χ0) is 15.0. The van der Waals surface area contributed by atoms with E-state index in [0.717, 1.165) is 31.6 Å². The summed E-state index contributed by atoms with van der Waals surface area (Å²) in [4.78, 5) is 12.8. The molecule has 3 rings (SSSR count). The van der Waals surface area contributed by atoms with Crippen LogP contribution in [0.5, 0.6) is 5.75 Å². The number of fused-ring (bicyclic) bond motifs is 1. The first-order valence-corrected chi connectivity index (χ1v) is 7.43. The van der Waals surface area contributed by atoms with Crippen molar-refractivity contribution in [1.29, 1.82) is 0 Å². The zero-order valence-electron chi connectivity index (χ0n) is 12.1. The molecule has 1 saturated carbocycles. The number of hydrogen-bond donors (Lipinski definition) is 1. The first-order chi connectivity index (χ1) is 10.1. The minimum absolute atomic E-state index is 0.0496. The number of benzene rings is 1. The van der Waals surface area contributed by atoms with Gasteiger partial charge in [0.1, 0.15) is 5.75 Å². The smallest absolute Gasteiger partial charge is 0.275 e. The Bertz CT molecular complexity index is 548. The first-order valence-electron chi connectivity index (χ1n) is 7.43. The van der Waals surface area contributed by atoms with Crippen molar-refractivity contribution < 1.29 is 14.8 Å². The van der Waals surface area contributed by atoms with Gasteiger partial charge in [0.25, 0.3) is 5.69 Å². The maximum atomic E-state index is 11.1. The lowest BCUT2D eigenvalue weighted by Gasteiger charge is -2.21. The fourth-order valence-corrected chi connectivity index (χ4v) is 3.55. The average Bonchev–Trinajstić information content (AvgIpc) is 3.01. The van der Waals surface area contributed by atoms with Crippen LogP contribution in [0, 0.1) is 22.0 Å². The first kappa shape index (κ1) is 14.1. The van der Waals surface area contributed by atoms with Gasteiger partial charge in [-0.2, -0.15) is 0 Å². The number of nitro benzene ring substituents is 1. The minimum atomic E-state index is -0.391. The summed E-state index contributed by atoms with van der Waals surface area (Å²) in [7, 11) is 0. The number of hydrogen-bond acceptors (Lipinski definition) is 5. The Morgan fingerprint density at radius 3 is 2.86 bits per heavy atom. The molecule has 0 amide bonds. The summed E-state index contributed by atoms with van der Waals surface area (Å²) in [6.07, 6.45) is 1.68. The van der Waals surface area contributed by atoms with Gasteiger partial charge in [-0.15, -0.1) is 0 Å². The van der Waals surface area contributed by atoms with E-state index in [4.69, 9.17) is 4.74 Å². The molecule has 0 spiro atoms. The van der Waals surface area contributed by atoms with Crippen molar-refractivity contribution >= 4 is 11.4 Å². The summed E-state index contributed by atoms with van der Waals surface area (Å²) in [6.45, 7) is 3.95. The maximum Gasteiger partial charge on any atom is 0.275 e. The van der Waals surface area contributed by atoms with Crippen molar-refractivity contribution in [2.45, 2.75) is 25.9 Å². The third kappa shape index (κ3) is 2.68. The molecular formula is C15H20N2O4. The third-order valence-electron chi connectivity index (χ3n) is 4.58.